The topological polar surface area (TPSA) is 81.2 Å². The molecule has 1 N–H and O–H groups in total. The summed E-state index contributed by atoms with van der Waals surface area (Å²) in [6.07, 6.45) is 6.21. The first-order chi connectivity index (χ1) is 14.8. The van der Waals surface area contributed by atoms with Gasteiger partial charge in [-0.2, -0.15) is 0 Å². The van der Waals surface area contributed by atoms with Gasteiger partial charge >= 0.3 is 0 Å². The Bertz CT molecular complexity index is 1460. The zero-order valence-corrected chi connectivity index (χ0v) is 18.1. The van der Waals surface area contributed by atoms with Gasteiger partial charge in [-0.25, -0.2) is 8.42 Å². The Morgan fingerprint density at radius 3 is 2.42 bits per heavy atom. The molecule has 2 aromatic carbocycles. The number of nitrogens with zero attached hydrogens (tertiary/aromatic N) is 1. The Balaban J connectivity index is 1.64. The average molecular weight is 435 g/mol. The predicted octanol–water partition coefficient (Wildman–Crippen LogP) is 3.48. The van der Waals surface area contributed by atoms with Crippen LogP contribution in [0.5, 0.6) is 5.75 Å². The Hall–Kier alpha value is -3.32. The molecule has 0 radical (unpaired) electrons. The number of aromatic amines is 1. The normalized spacial score (nSPS) is 14.1. The van der Waals surface area contributed by atoms with Gasteiger partial charge in [-0.05, 0) is 35.4 Å². The minimum Gasteiger partial charge on any atom is -0.489 e. The fourth-order valence-electron chi connectivity index (χ4n) is 4.41. The van der Waals surface area contributed by atoms with E-state index in [1.165, 1.54) is 17.4 Å². The van der Waals surface area contributed by atoms with Crippen LogP contribution in [0, 0.1) is 0 Å². The van der Waals surface area contributed by atoms with Crippen molar-refractivity contribution in [3.05, 3.63) is 82.4 Å². The number of hydrogen-bond donors (Lipinski definition) is 1. The first-order valence-corrected chi connectivity index (χ1v) is 11.9. The third-order valence-electron chi connectivity index (χ3n) is 5.88. The number of aromatic nitrogens is 2. The second-order valence-electron chi connectivity index (χ2n) is 8.07. The molecule has 0 saturated heterocycles. The summed E-state index contributed by atoms with van der Waals surface area (Å²) in [5, 5.41) is 0.747. The third kappa shape index (κ3) is 3.45. The van der Waals surface area contributed by atoms with Gasteiger partial charge in [-0.3, -0.25) is 4.79 Å². The summed E-state index contributed by atoms with van der Waals surface area (Å²) in [6, 6.07) is 15.1. The number of fused-ring (bicyclic) bond motifs is 2. The largest absolute Gasteiger partial charge is 0.489 e. The van der Waals surface area contributed by atoms with E-state index in [1.807, 2.05) is 24.4 Å². The van der Waals surface area contributed by atoms with Gasteiger partial charge < -0.3 is 14.3 Å². The van der Waals surface area contributed by atoms with Crippen LogP contribution in [0.1, 0.15) is 11.1 Å². The molecule has 0 aliphatic heterocycles. The van der Waals surface area contributed by atoms with Crippen molar-refractivity contribution in [1.82, 2.24) is 9.55 Å². The monoisotopic (exact) mass is 434 g/mol. The Kier molecular flexibility index (Phi) is 4.51. The molecule has 0 bridgehead atoms. The van der Waals surface area contributed by atoms with Crippen molar-refractivity contribution in [3.8, 4) is 16.9 Å². The molecule has 0 atom stereocenters. The van der Waals surface area contributed by atoms with Crippen LogP contribution in [-0.2, 0) is 29.7 Å². The molecule has 2 heterocycles. The number of sulfone groups is 1. The van der Waals surface area contributed by atoms with Gasteiger partial charge in [0.25, 0.3) is 5.56 Å². The maximum atomic E-state index is 12.4. The third-order valence-corrected chi connectivity index (χ3v) is 6.99. The predicted molar refractivity (Wildman–Crippen MR) is 120 cm³/mol. The number of pyridine rings is 1. The highest BCUT2D eigenvalue weighted by Crippen LogP contribution is 2.38. The molecule has 0 saturated carbocycles. The van der Waals surface area contributed by atoms with Crippen LogP contribution in [0.25, 0.3) is 22.0 Å². The molecular formula is C24H22N2O4S. The van der Waals surface area contributed by atoms with Crippen LogP contribution in [0.3, 0.4) is 0 Å². The molecule has 5 rings (SSSR count). The summed E-state index contributed by atoms with van der Waals surface area (Å²) in [7, 11) is -1.60. The summed E-state index contributed by atoms with van der Waals surface area (Å²) < 4.78 is 32.7. The van der Waals surface area contributed by atoms with Crippen molar-refractivity contribution in [2.24, 2.45) is 7.05 Å². The number of hydrogen-bond acceptors (Lipinski definition) is 4. The molecule has 4 aromatic rings. The second-order valence-corrected chi connectivity index (χ2v) is 10.1. The van der Waals surface area contributed by atoms with E-state index in [1.54, 1.807) is 36.0 Å². The van der Waals surface area contributed by atoms with Gasteiger partial charge in [0, 0.05) is 55.1 Å². The first-order valence-electron chi connectivity index (χ1n) is 10.1. The van der Waals surface area contributed by atoms with E-state index in [0.717, 1.165) is 23.8 Å². The zero-order chi connectivity index (χ0) is 21.8. The van der Waals surface area contributed by atoms with Crippen molar-refractivity contribution in [2.45, 2.75) is 23.8 Å². The Labute approximate surface area is 180 Å². The summed E-state index contributed by atoms with van der Waals surface area (Å²) in [5.41, 5.74) is 4.31. The number of H-pyrrole nitrogens is 1. The van der Waals surface area contributed by atoms with Gasteiger partial charge in [0.1, 0.15) is 17.4 Å². The minimum absolute atomic E-state index is 0.0291. The highest BCUT2D eigenvalue weighted by molar-refractivity contribution is 7.90. The van der Waals surface area contributed by atoms with E-state index >= 15 is 0 Å². The van der Waals surface area contributed by atoms with Crippen LogP contribution in [0.2, 0.25) is 0 Å². The molecule has 31 heavy (non-hydrogen) atoms. The second kappa shape index (κ2) is 7.13. The Morgan fingerprint density at radius 1 is 1.03 bits per heavy atom. The molecule has 0 unspecified atom stereocenters. The lowest BCUT2D eigenvalue weighted by atomic mass is 10.0. The fourth-order valence-corrected chi connectivity index (χ4v) is 5.06. The molecule has 1 aliphatic rings. The van der Waals surface area contributed by atoms with E-state index in [0.29, 0.717) is 16.8 Å². The van der Waals surface area contributed by atoms with Crippen LogP contribution in [0.15, 0.2) is 70.6 Å². The molecule has 2 aromatic heterocycles. The number of rotatable bonds is 4. The van der Waals surface area contributed by atoms with E-state index in [2.05, 4.69) is 17.1 Å². The molecular weight excluding hydrogens is 412 g/mol. The summed E-state index contributed by atoms with van der Waals surface area (Å²) >= 11 is 0. The molecule has 6 nitrogen and oxygen atoms in total. The lowest BCUT2D eigenvalue weighted by molar-refractivity contribution is 0.215. The van der Waals surface area contributed by atoms with E-state index in [9.17, 15) is 13.2 Å². The van der Waals surface area contributed by atoms with Crippen molar-refractivity contribution in [3.63, 3.8) is 0 Å². The van der Waals surface area contributed by atoms with E-state index in [4.69, 9.17) is 4.74 Å². The molecule has 1 aliphatic carbocycles. The van der Waals surface area contributed by atoms with Gasteiger partial charge in [0.2, 0.25) is 0 Å². The van der Waals surface area contributed by atoms with Gasteiger partial charge in [-0.15, -0.1) is 0 Å². The van der Waals surface area contributed by atoms with Crippen molar-refractivity contribution < 1.29 is 13.2 Å². The summed E-state index contributed by atoms with van der Waals surface area (Å²) in [4.78, 5) is 15.3. The van der Waals surface area contributed by atoms with E-state index < -0.39 is 9.84 Å². The van der Waals surface area contributed by atoms with Gasteiger partial charge in [0.15, 0.2) is 9.84 Å². The molecule has 7 heteroatoms. The molecule has 158 valence electrons. The van der Waals surface area contributed by atoms with Crippen LogP contribution < -0.4 is 10.3 Å². The Morgan fingerprint density at radius 2 is 1.74 bits per heavy atom. The zero-order valence-electron chi connectivity index (χ0n) is 17.3. The SMILES string of the molecule is Cn1cc(-c2cc(S(C)(=O)=O)ccc2OC2Cc3ccccc3C2)c2cc[nH]c(=O)c21. The molecule has 0 fully saturated rings. The van der Waals surface area contributed by atoms with Gasteiger partial charge in [0.05, 0.1) is 4.90 Å². The number of benzene rings is 2. The fraction of sp³-hybridized carbons (Fsp3) is 0.208. The average Bonchev–Trinajstić information content (AvgIpc) is 3.28. The van der Waals surface area contributed by atoms with Gasteiger partial charge in [-0.1, -0.05) is 24.3 Å². The number of aryl methyl sites for hydroxylation is 1. The van der Waals surface area contributed by atoms with Crippen LogP contribution in [-0.4, -0.2) is 30.3 Å². The maximum absolute atomic E-state index is 12.4. The maximum Gasteiger partial charge on any atom is 0.272 e. The standard InChI is InChI=1S/C24H22N2O4S/c1-26-14-21(19-9-10-25-24(27)23(19)26)20-13-18(31(2,28)29)7-8-22(20)30-17-11-15-5-3-4-6-16(15)12-17/h3-10,13-14,17H,11-12H2,1-2H3,(H,25,27). The lowest BCUT2D eigenvalue weighted by Crippen LogP contribution is -2.17. The number of nitrogens with one attached hydrogen (secondary N) is 1. The van der Waals surface area contributed by atoms with Crippen molar-refractivity contribution in [2.75, 3.05) is 6.26 Å². The van der Waals surface area contributed by atoms with E-state index in [-0.39, 0.29) is 16.6 Å². The highest BCUT2D eigenvalue weighted by Gasteiger charge is 2.25. The number of ether oxygens (including phenoxy) is 1. The lowest BCUT2D eigenvalue weighted by Gasteiger charge is -2.17. The smallest absolute Gasteiger partial charge is 0.272 e. The van der Waals surface area contributed by atoms with Crippen LogP contribution >= 0.6 is 0 Å². The van der Waals surface area contributed by atoms with Crippen LogP contribution in [0.4, 0.5) is 0 Å². The minimum atomic E-state index is -3.41. The quantitative estimate of drug-likeness (QED) is 0.533. The first kappa shape index (κ1) is 19.6. The molecule has 0 amide bonds. The van der Waals surface area contributed by atoms with Crippen molar-refractivity contribution >= 4 is 20.7 Å². The summed E-state index contributed by atoms with van der Waals surface area (Å²) in [6.45, 7) is 0. The summed E-state index contributed by atoms with van der Waals surface area (Å²) in [5.74, 6) is 0.609. The highest BCUT2D eigenvalue weighted by atomic mass is 32.2. The van der Waals surface area contributed by atoms with Crippen molar-refractivity contribution in [1.29, 1.82) is 0 Å². The molecule has 0 spiro atoms.